The van der Waals surface area contributed by atoms with Crippen LogP contribution in [-0.2, 0) is 4.79 Å². The minimum Gasteiger partial charge on any atom is -0.343 e. The molecule has 0 heterocycles. The molecule has 0 spiro atoms. The quantitative estimate of drug-likeness (QED) is 0.673. The maximum atomic E-state index is 10.5. The summed E-state index contributed by atoms with van der Waals surface area (Å²) in [5.41, 5.74) is 0. The Balaban J connectivity index is 0. The summed E-state index contributed by atoms with van der Waals surface area (Å²) in [6.07, 6.45) is 0. The number of hydrogen-bond donors (Lipinski definition) is 0. The third-order valence-electron chi connectivity index (χ3n) is 1.21. The van der Waals surface area contributed by atoms with Gasteiger partial charge in [-0.25, -0.2) is 0 Å². The van der Waals surface area contributed by atoms with Crippen LogP contribution in [0.2, 0.25) is 0 Å². The van der Waals surface area contributed by atoms with E-state index in [0.29, 0.717) is 0 Å². The van der Waals surface area contributed by atoms with E-state index >= 15 is 0 Å². The summed E-state index contributed by atoms with van der Waals surface area (Å²) in [6, 6.07) is 0. The van der Waals surface area contributed by atoms with Gasteiger partial charge in [0.05, 0.1) is 0 Å². The largest absolute Gasteiger partial charge is 0.343 e. The van der Waals surface area contributed by atoms with E-state index in [4.69, 9.17) is 0 Å². The lowest BCUT2D eigenvalue weighted by Gasteiger charge is -2.14. The molecule has 0 saturated heterocycles. The van der Waals surface area contributed by atoms with Crippen molar-refractivity contribution >= 4 is 29.9 Å². The van der Waals surface area contributed by atoms with Gasteiger partial charge in [0.25, 0.3) is 0 Å². The minimum absolute atomic E-state index is 0. The van der Waals surface area contributed by atoms with Gasteiger partial charge in [-0.1, -0.05) is 0 Å². The van der Waals surface area contributed by atoms with Gasteiger partial charge in [-0.05, 0) is 13.8 Å². The first kappa shape index (κ1) is 11.9. The fraction of sp³-hybridized carbons (Fsp3) is 0.833. The van der Waals surface area contributed by atoms with E-state index in [1.54, 1.807) is 11.8 Å². The molecular weight excluding hydrogens is 229 g/mol. The molecule has 56 valence electrons. The normalized spacial score (nSPS) is 7.89. The molecule has 0 aromatic heterocycles. The van der Waals surface area contributed by atoms with Gasteiger partial charge in [-0.15, -0.1) is 24.0 Å². The number of hydrogen-bond acceptors (Lipinski definition) is 1. The van der Waals surface area contributed by atoms with Crippen molar-refractivity contribution < 1.29 is 4.79 Å². The Morgan fingerprint density at radius 1 is 1.33 bits per heavy atom. The zero-order valence-corrected chi connectivity index (χ0v) is 8.51. The lowest BCUT2D eigenvalue weighted by Crippen LogP contribution is -2.27. The average Bonchev–Trinajstić information content (AvgIpc) is 1.69. The number of halogens is 1. The standard InChI is InChI=1S/C6H13NO.HI/c1-4-7(5-2)6(3)8;/h4-5H2,1-3H3;1H. The van der Waals surface area contributed by atoms with Crippen LogP contribution in [0.4, 0.5) is 0 Å². The van der Waals surface area contributed by atoms with E-state index in [2.05, 4.69) is 0 Å². The Bertz CT molecular complexity index is 81.1. The monoisotopic (exact) mass is 243 g/mol. The molecule has 1 amide bonds. The molecule has 0 aliphatic carbocycles. The second kappa shape index (κ2) is 6.32. The SMILES string of the molecule is CCN(CC)C(C)=O.I. The van der Waals surface area contributed by atoms with Gasteiger partial charge in [0.1, 0.15) is 0 Å². The van der Waals surface area contributed by atoms with E-state index in [-0.39, 0.29) is 29.9 Å². The van der Waals surface area contributed by atoms with Crippen LogP contribution in [0.15, 0.2) is 0 Å². The lowest BCUT2D eigenvalue weighted by molar-refractivity contribution is -0.128. The highest BCUT2D eigenvalue weighted by atomic mass is 127. The zero-order chi connectivity index (χ0) is 6.57. The molecule has 0 radical (unpaired) electrons. The van der Waals surface area contributed by atoms with Crippen LogP contribution in [0.1, 0.15) is 20.8 Å². The van der Waals surface area contributed by atoms with Crippen molar-refractivity contribution in [2.45, 2.75) is 20.8 Å². The van der Waals surface area contributed by atoms with Crippen molar-refractivity contribution in [3.63, 3.8) is 0 Å². The lowest BCUT2D eigenvalue weighted by atomic mass is 10.5. The van der Waals surface area contributed by atoms with Gasteiger partial charge in [-0.3, -0.25) is 4.79 Å². The zero-order valence-electron chi connectivity index (χ0n) is 6.18. The molecule has 0 aliphatic heterocycles. The van der Waals surface area contributed by atoms with Crippen LogP contribution in [0.5, 0.6) is 0 Å². The molecule has 0 unspecified atom stereocenters. The van der Waals surface area contributed by atoms with Gasteiger partial charge >= 0.3 is 0 Å². The molecule has 0 aromatic rings. The Labute approximate surface area is 73.6 Å². The number of rotatable bonds is 2. The Kier molecular flexibility index (Phi) is 8.38. The topological polar surface area (TPSA) is 20.3 Å². The summed E-state index contributed by atoms with van der Waals surface area (Å²) in [4.78, 5) is 12.3. The number of carbonyl (C=O) groups is 1. The minimum atomic E-state index is 0. The second-order valence-corrected chi connectivity index (χ2v) is 1.69. The molecule has 0 atom stereocenters. The predicted molar refractivity (Wildman–Crippen MR) is 49.0 cm³/mol. The molecule has 0 fully saturated rings. The third kappa shape index (κ3) is 4.69. The van der Waals surface area contributed by atoms with Crippen molar-refractivity contribution in [3.8, 4) is 0 Å². The maximum Gasteiger partial charge on any atom is 0.219 e. The smallest absolute Gasteiger partial charge is 0.219 e. The van der Waals surface area contributed by atoms with Gasteiger partial charge in [-0.2, -0.15) is 0 Å². The predicted octanol–water partition coefficient (Wildman–Crippen LogP) is 1.49. The van der Waals surface area contributed by atoms with Crippen molar-refractivity contribution in [2.75, 3.05) is 13.1 Å². The second-order valence-electron chi connectivity index (χ2n) is 1.69. The van der Waals surface area contributed by atoms with E-state index in [9.17, 15) is 4.79 Å². The van der Waals surface area contributed by atoms with Crippen LogP contribution in [-0.4, -0.2) is 23.9 Å². The van der Waals surface area contributed by atoms with Gasteiger partial charge in [0, 0.05) is 20.0 Å². The number of amides is 1. The fourth-order valence-electron chi connectivity index (χ4n) is 0.669. The first-order valence-electron chi connectivity index (χ1n) is 2.97. The summed E-state index contributed by atoms with van der Waals surface area (Å²) in [5.74, 6) is 0.162. The van der Waals surface area contributed by atoms with Crippen molar-refractivity contribution in [3.05, 3.63) is 0 Å². The first-order chi connectivity index (χ1) is 3.72. The Morgan fingerprint density at radius 3 is 1.67 bits per heavy atom. The molecule has 0 rings (SSSR count). The van der Waals surface area contributed by atoms with Crippen molar-refractivity contribution in [2.24, 2.45) is 0 Å². The molecule has 0 aromatic carbocycles. The van der Waals surface area contributed by atoms with Crippen molar-refractivity contribution in [1.82, 2.24) is 4.90 Å². The molecule has 0 N–H and O–H groups in total. The maximum absolute atomic E-state index is 10.5. The number of nitrogens with zero attached hydrogens (tertiary/aromatic N) is 1. The molecule has 0 aliphatic rings. The highest BCUT2D eigenvalue weighted by molar-refractivity contribution is 14.0. The molecule has 0 saturated carbocycles. The van der Waals surface area contributed by atoms with Crippen LogP contribution in [0.3, 0.4) is 0 Å². The van der Waals surface area contributed by atoms with Crippen LogP contribution in [0, 0.1) is 0 Å². The number of carbonyl (C=O) groups excluding carboxylic acids is 1. The van der Waals surface area contributed by atoms with E-state index in [1.165, 1.54) is 0 Å². The van der Waals surface area contributed by atoms with Crippen molar-refractivity contribution in [1.29, 1.82) is 0 Å². The van der Waals surface area contributed by atoms with E-state index in [0.717, 1.165) is 13.1 Å². The summed E-state index contributed by atoms with van der Waals surface area (Å²) in [5, 5.41) is 0. The summed E-state index contributed by atoms with van der Waals surface area (Å²) < 4.78 is 0. The Morgan fingerprint density at radius 2 is 1.67 bits per heavy atom. The summed E-state index contributed by atoms with van der Waals surface area (Å²) in [7, 11) is 0. The fourth-order valence-corrected chi connectivity index (χ4v) is 0.669. The highest BCUT2D eigenvalue weighted by Gasteiger charge is 1.99. The third-order valence-corrected chi connectivity index (χ3v) is 1.21. The molecule has 9 heavy (non-hydrogen) atoms. The van der Waals surface area contributed by atoms with E-state index < -0.39 is 0 Å². The average molecular weight is 243 g/mol. The van der Waals surface area contributed by atoms with Crippen LogP contribution >= 0.6 is 24.0 Å². The molecule has 2 nitrogen and oxygen atoms in total. The van der Waals surface area contributed by atoms with Crippen LogP contribution in [0.25, 0.3) is 0 Å². The van der Waals surface area contributed by atoms with Crippen LogP contribution < -0.4 is 0 Å². The van der Waals surface area contributed by atoms with Gasteiger partial charge in [0.15, 0.2) is 0 Å². The molecular formula is C6H14INO. The summed E-state index contributed by atoms with van der Waals surface area (Å²) in [6.45, 7) is 7.19. The first-order valence-corrected chi connectivity index (χ1v) is 2.97. The summed E-state index contributed by atoms with van der Waals surface area (Å²) >= 11 is 0. The Hall–Kier alpha value is 0.200. The van der Waals surface area contributed by atoms with E-state index in [1.807, 2.05) is 13.8 Å². The van der Waals surface area contributed by atoms with Gasteiger partial charge in [0.2, 0.25) is 5.91 Å². The molecule has 0 bridgehead atoms. The molecule has 3 heteroatoms. The van der Waals surface area contributed by atoms with Gasteiger partial charge < -0.3 is 4.90 Å². The highest BCUT2D eigenvalue weighted by Crippen LogP contribution is 1.84.